The standard InChI is InChI=1S/C23H24FN3O3/c24-20-8-3-4-9-21(20)27-22(28)18-7-2-1-6-17(18)19(23(27)29)16-25-10-5-11-26-12-14-30-15-13-26/h1-4,6-9,16,19H,5,10-15H2/p+1/t19-/m1/s1. The lowest BCUT2D eigenvalue weighted by Gasteiger charge is -2.31. The Balaban J connectivity index is 1.52. The Hall–Kier alpha value is -2.90. The Morgan fingerprint density at radius 3 is 2.63 bits per heavy atom. The molecule has 2 aliphatic heterocycles. The Bertz CT molecular complexity index is 956. The zero-order chi connectivity index (χ0) is 20.9. The van der Waals surface area contributed by atoms with Crippen LogP contribution in [0, 0.1) is 5.82 Å². The van der Waals surface area contributed by atoms with E-state index in [2.05, 4.69) is 4.99 Å². The van der Waals surface area contributed by atoms with Crippen molar-refractivity contribution in [1.29, 1.82) is 0 Å². The van der Waals surface area contributed by atoms with Crippen LogP contribution < -0.4 is 9.80 Å². The third-order valence-electron chi connectivity index (χ3n) is 5.58. The number of carbonyl (C=O) groups is 2. The molecule has 2 amide bonds. The van der Waals surface area contributed by atoms with Crippen LogP contribution in [-0.4, -0.2) is 57.4 Å². The number of imide groups is 1. The normalized spacial score (nSPS) is 20.0. The van der Waals surface area contributed by atoms with Crippen molar-refractivity contribution in [3.05, 3.63) is 65.5 Å². The molecule has 30 heavy (non-hydrogen) atoms. The molecule has 0 unspecified atom stereocenters. The lowest BCUT2D eigenvalue weighted by molar-refractivity contribution is -0.908. The number of halogens is 1. The maximum atomic E-state index is 14.4. The molecule has 4 rings (SSSR count). The van der Waals surface area contributed by atoms with Crippen LogP contribution in [0.4, 0.5) is 10.1 Å². The number of para-hydroxylation sites is 1. The molecular weight excluding hydrogens is 385 g/mol. The molecule has 156 valence electrons. The number of nitrogens with zero attached hydrogens (tertiary/aromatic N) is 2. The summed E-state index contributed by atoms with van der Waals surface area (Å²) in [6.45, 7) is 5.23. The van der Waals surface area contributed by atoms with Crippen molar-refractivity contribution in [3.63, 3.8) is 0 Å². The highest BCUT2D eigenvalue weighted by Gasteiger charge is 2.39. The molecule has 0 spiro atoms. The molecule has 2 heterocycles. The maximum absolute atomic E-state index is 14.4. The second kappa shape index (κ2) is 9.28. The lowest BCUT2D eigenvalue weighted by Crippen LogP contribution is -3.14. The fraction of sp³-hybridized carbons (Fsp3) is 0.348. The smallest absolute Gasteiger partial charge is 0.265 e. The number of rotatable bonds is 6. The molecule has 1 atom stereocenters. The minimum Gasteiger partial charge on any atom is -0.370 e. The number of fused-ring (bicyclic) bond motifs is 1. The number of ether oxygens (including phenoxy) is 1. The van der Waals surface area contributed by atoms with Crippen LogP contribution in [-0.2, 0) is 9.53 Å². The third-order valence-corrected chi connectivity index (χ3v) is 5.58. The van der Waals surface area contributed by atoms with Crippen molar-refractivity contribution in [3.8, 4) is 0 Å². The van der Waals surface area contributed by atoms with E-state index in [1.807, 2.05) is 0 Å². The first-order chi connectivity index (χ1) is 14.7. The van der Waals surface area contributed by atoms with Crippen molar-refractivity contribution in [1.82, 2.24) is 0 Å². The van der Waals surface area contributed by atoms with Gasteiger partial charge in [-0.25, -0.2) is 9.29 Å². The van der Waals surface area contributed by atoms with Gasteiger partial charge in [0.15, 0.2) is 0 Å². The number of amides is 2. The van der Waals surface area contributed by atoms with Crippen molar-refractivity contribution in [2.75, 3.05) is 44.3 Å². The van der Waals surface area contributed by atoms with Crippen LogP contribution >= 0.6 is 0 Å². The Labute approximate surface area is 175 Å². The Morgan fingerprint density at radius 2 is 1.83 bits per heavy atom. The summed E-state index contributed by atoms with van der Waals surface area (Å²) in [6, 6.07) is 12.8. The number of hydrogen-bond acceptors (Lipinski definition) is 4. The molecule has 0 saturated carbocycles. The van der Waals surface area contributed by atoms with Gasteiger partial charge in [-0.3, -0.25) is 14.6 Å². The molecule has 0 radical (unpaired) electrons. The second-order valence-electron chi connectivity index (χ2n) is 7.52. The van der Waals surface area contributed by atoms with Crippen molar-refractivity contribution < 1.29 is 23.6 Å². The molecule has 2 aromatic carbocycles. The van der Waals surface area contributed by atoms with E-state index in [9.17, 15) is 14.0 Å². The topological polar surface area (TPSA) is 63.4 Å². The molecular formula is C23H25FN3O3+. The number of nitrogens with one attached hydrogen (secondary N) is 1. The van der Waals surface area contributed by atoms with Gasteiger partial charge in [-0.1, -0.05) is 30.3 Å². The minimum atomic E-state index is -0.714. The zero-order valence-corrected chi connectivity index (χ0v) is 16.7. The summed E-state index contributed by atoms with van der Waals surface area (Å²) in [7, 11) is 0. The molecule has 0 aliphatic carbocycles. The van der Waals surface area contributed by atoms with E-state index in [-0.39, 0.29) is 5.69 Å². The van der Waals surface area contributed by atoms with Gasteiger partial charge in [0.2, 0.25) is 5.91 Å². The number of carbonyl (C=O) groups excluding carboxylic acids is 2. The molecule has 0 aromatic heterocycles. The highest BCUT2D eigenvalue weighted by molar-refractivity contribution is 6.29. The molecule has 7 heteroatoms. The highest BCUT2D eigenvalue weighted by Crippen LogP contribution is 2.32. The van der Waals surface area contributed by atoms with E-state index in [4.69, 9.17) is 4.74 Å². The number of aliphatic imine (C=N–C) groups is 1. The molecule has 1 fully saturated rings. The van der Waals surface area contributed by atoms with E-state index in [0.29, 0.717) is 17.7 Å². The van der Waals surface area contributed by atoms with Crippen LogP contribution in [0.15, 0.2) is 53.5 Å². The number of hydrogen-bond donors (Lipinski definition) is 1. The molecule has 6 nitrogen and oxygen atoms in total. The zero-order valence-electron chi connectivity index (χ0n) is 16.7. The minimum absolute atomic E-state index is 0.0312. The van der Waals surface area contributed by atoms with E-state index in [0.717, 1.165) is 44.2 Å². The lowest BCUT2D eigenvalue weighted by atomic mass is 9.89. The van der Waals surface area contributed by atoms with E-state index < -0.39 is 23.5 Å². The Morgan fingerprint density at radius 1 is 1.10 bits per heavy atom. The van der Waals surface area contributed by atoms with Gasteiger partial charge in [-0.2, -0.15) is 0 Å². The molecule has 0 bridgehead atoms. The van der Waals surface area contributed by atoms with Gasteiger partial charge in [-0.05, 0) is 23.8 Å². The summed E-state index contributed by atoms with van der Waals surface area (Å²) in [6.07, 6.45) is 2.51. The number of quaternary nitrogens is 1. The summed E-state index contributed by atoms with van der Waals surface area (Å²) in [5.74, 6) is -2.32. The first-order valence-corrected chi connectivity index (χ1v) is 10.3. The predicted molar refractivity (Wildman–Crippen MR) is 112 cm³/mol. The number of anilines is 1. The van der Waals surface area contributed by atoms with E-state index in [1.165, 1.54) is 23.1 Å². The van der Waals surface area contributed by atoms with Crippen molar-refractivity contribution in [2.24, 2.45) is 4.99 Å². The van der Waals surface area contributed by atoms with Crippen molar-refractivity contribution in [2.45, 2.75) is 12.3 Å². The summed E-state index contributed by atoms with van der Waals surface area (Å²) in [5.41, 5.74) is 0.980. The van der Waals surface area contributed by atoms with Crippen LogP contribution in [0.2, 0.25) is 0 Å². The predicted octanol–water partition coefficient (Wildman–Crippen LogP) is 1.47. The van der Waals surface area contributed by atoms with Gasteiger partial charge in [0.1, 0.15) is 18.9 Å². The van der Waals surface area contributed by atoms with Crippen molar-refractivity contribution >= 4 is 23.7 Å². The summed E-state index contributed by atoms with van der Waals surface area (Å²) < 4.78 is 19.7. The third kappa shape index (κ3) is 4.17. The van der Waals surface area contributed by atoms with E-state index in [1.54, 1.807) is 36.5 Å². The summed E-state index contributed by atoms with van der Waals surface area (Å²) in [4.78, 5) is 33.1. The fourth-order valence-corrected chi connectivity index (χ4v) is 3.97. The van der Waals surface area contributed by atoms with Gasteiger partial charge in [0.05, 0.1) is 31.4 Å². The van der Waals surface area contributed by atoms with Gasteiger partial charge in [-0.15, -0.1) is 0 Å². The fourth-order valence-electron chi connectivity index (χ4n) is 3.97. The van der Waals surface area contributed by atoms with Crippen LogP contribution in [0.25, 0.3) is 0 Å². The van der Waals surface area contributed by atoms with E-state index >= 15 is 0 Å². The van der Waals surface area contributed by atoms with Gasteiger partial charge < -0.3 is 9.64 Å². The SMILES string of the molecule is O=C1c2ccccc2[C@@H](C=NCCC[NH+]2CCOCC2)C(=O)N1c1ccccc1F. The first-order valence-electron chi connectivity index (χ1n) is 10.3. The Kier molecular flexibility index (Phi) is 6.30. The number of benzene rings is 2. The number of morpholine rings is 1. The second-order valence-corrected chi connectivity index (χ2v) is 7.52. The van der Waals surface area contributed by atoms with Crippen LogP contribution in [0.1, 0.15) is 28.3 Å². The van der Waals surface area contributed by atoms with Crippen LogP contribution in [0.5, 0.6) is 0 Å². The van der Waals surface area contributed by atoms with Gasteiger partial charge in [0, 0.05) is 24.7 Å². The highest BCUT2D eigenvalue weighted by atomic mass is 19.1. The molecule has 2 aliphatic rings. The molecule has 1 N–H and O–H groups in total. The summed E-state index contributed by atoms with van der Waals surface area (Å²) >= 11 is 0. The summed E-state index contributed by atoms with van der Waals surface area (Å²) in [5, 5.41) is 0. The maximum Gasteiger partial charge on any atom is 0.265 e. The molecule has 1 saturated heterocycles. The van der Waals surface area contributed by atoms with Gasteiger partial charge in [0.25, 0.3) is 5.91 Å². The molecule has 2 aromatic rings. The monoisotopic (exact) mass is 410 g/mol. The van der Waals surface area contributed by atoms with Gasteiger partial charge >= 0.3 is 0 Å². The first kappa shape index (κ1) is 20.4. The average Bonchev–Trinajstić information content (AvgIpc) is 2.77. The quantitative estimate of drug-likeness (QED) is 0.446. The largest absolute Gasteiger partial charge is 0.370 e. The average molecular weight is 410 g/mol. The van der Waals surface area contributed by atoms with Crippen LogP contribution in [0.3, 0.4) is 0 Å².